The van der Waals surface area contributed by atoms with Crippen LogP contribution in [0.4, 0.5) is 0 Å². The Morgan fingerprint density at radius 1 is 0.898 bits per heavy atom. The van der Waals surface area contributed by atoms with E-state index in [1.165, 1.54) is 44.1 Å². The molecule has 1 aromatic rings. The van der Waals surface area contributed by atoms with E-state index >= 15 is 0 Å². The average Bonchev–Trinajstić information content (AvgIpc) is 3.52. The minimum absolute atomic E-state index is 0.0146. The smallest absolute Gasteiger partial charge is 0.115 e. The lowest BCUT2D eigenvalue weighted by atomic mass is 9.38. The van der Waals surface area contributed by atoms with Crippen LogP contribution in [0.15, 0.2) is 18.2 Å². The van der Waals surface area contributed by atoms with E-state index in [9.17, 15) is 20.4 Å². The van der Waals surface area contributed by atoms with Gasteiger partial charge in [-0.2, -0.15) is 0 Å². The number of aliphatic hydroxyl groups excluding tert-OH is 3. The van der Waals surface area contributed by atoms with Crippen LogP contribution in [0.3, 0.4) is 0 Å². The molecular formula is C43H63NO5. The van der Waals surface area contributed by atoms with Gasteiger partial charge in [0.05, 0.1) is 17.1 Å². The molecule has 6 nitrogen and oxygen atoms in total. The monoisotopic (exact) mass is 673 g/mol. The molecule has 12 atom stereocenters. The van der Waals surface area contributed by atoms with Crippen LogP contribution in [-0.2, 0) is 17.6 Å². The zero-order valence-electron chi connectivity index (χ0n) is 30.1. The lowest BCUT2D eigenvalue weighted by Gasteiger charge is -2.75. The Balaban J connectivity index is 1.28. The number of aromatic hydroxyl groups is 1. The van der Waals surface area contributed by atoms with E-state index in [2.05, 4.69) is 24.8 Å². The Bertz CT molecular complexity index is 1430. The molecule has 6 aliphatic carbocycles. The van der Waals surface area contributed by atoms with Crippen molar-refractivity contribution in [3.63, 3.8) is 0 Å². The molecule has 5 saturated carbocycles. The Morgan fingerprint density at radius 2 is 1.69 bits per heavy atom. The molecule has 0 unspecified atom stereocenters. The van der Waals surface area contributed by atoms with Crippen molar-refractivity contribution in [3.05, 3.63) is 29.3 Å². The quantitative estimate of drug-likeness (QED) is 0.210. The molecular weight excluding hydrogens is 610 g/mol. The zero-order valence-corrected chi connectivity index (χ0v) is 30.1. The van der Waals surface area contributed by atoms with Crippen LogP contribution < -0.4 is 5.73 Å². The molecule has 0 radical (unpaired) electrons. The van der Waals surface area contributed by atoms with E-state index in [0.29, 0.717) is 53.1 Å². The zero-order chi connectivity index (χ0) is 34.0. The van der Waals surface area contributed by atoms with Crippen molar-refractivity contribution in [3.8, 4) is 17.6 Å². The number of fused-ring (bicyclic) bond motifs is 4. The summed E-state index contributed by atoms with van der Waals surface area (Å²) >= 11 is 0. The predicted octanol–water partition coefficient (Wildman–Crippen LogP) is 6.54. The second-order valence-electron chi connectivity index (χ2n) is 18.7. The van der Waals surface area contributed by atoms with E-state index in [1.54, 1.807) is 0 Å². The van der Waals surface area contributed by atoms with Crippen LogP contribution in [0.5, 0.6) is 5.75 Å². The Morgan fingerprint density at radius 3 is 2.45 bits per heavy atom. The van der Waals surface area contributed by atoms with Crippen molar-refractivity contribution >= 4 is 0 Å². The molecule has 2 spiro atoms. The van der Waals surface area contributed by atoms with Gasteiger partial charge in [0.2, 0.25) is 0 Å². The summed E-state index contributed by atoms with van der Waals surface area (Å²) in [6.45, 7) is 2.97. The van der Waals surface area contributed by atoms with Gasteiger partial charge in [-0.1, -0.05) is 30.7 Å². The normalized spacial score (nSPS) is 45.1. The summed E-state index contributed by atoms with van der Waals surface area (Å²) in [5.74, 6) is 10.5. The number of aliphatic hydroxyl groups is 3. The molecule has 6 heteroatoms. The van der Waals surface area contributed by atoms with Gasteiger partial charge in [0, 0.05) is 43.6 Å². The van der Waals surface area contributed by atoms with Crippen molar-refractivity contribution < 1.29 is 25.2 Å². The standard InChI is InChI=1S/C43H63NO5/c1-40(35-20-28(6-5-16-45)18-29(21-35)13-17-46)39-33-9-11-34(27-47)43(39,44)38-8-4-7-31-23-37(48)12-10-32(31)19-30-22-36(42(38,25-33)49-40)26-41(24-30)14-2-3-15-41/h10,12,23,28-30,33-36,38-39,45-48H,2-3,5-7,9,11,13-22,24-27,44H2,1H3/t28-,29+,30+,33-,34-,35-,36+,38+,39-,40+,42+,43-/m0/s1. The molecule has 1 aromatic carbocycles. The van der Waals surface area contributed by atoms with Crippen LogP contribution in [0.2, 0.25) is 0 Å². The molecule has 7 fully saturated rings. The molecule has 270 valence electrons. The highest BCUT2D eigenvalue weighted by Crippen LogP contribution is 2.71. The third-order valence-electron chi connectivity index (χ3n) is 16.0. The number of hydrogen-bond acceptors (Lipinski definition) is 6. The highest BCUT2D eigenvalue weighted by molar-refractivity contribution is 5.40. The van der Waals surface area contributed by atoms with E-state index in [0.717, 1.165) is 76.2 Å². The van der Waals surface area contributed by atoms with E-state index in [4.69, 9.17) is 10.5 Å². The molecule has 8 aliphatic rings. The van der Waals surface area contributed by atoms with Crippen LogP contribution in [0, 0.1) is 70.5 Å². The van der Waals surface area contributed by atoms with Crippen LogP contribution in [-0.4, -0.2) is 57.0 Å². The van der Waals surface area contributed by atoms with Gasteiger partial charge in [0.1, 0.15) is 5.75 Å². The number of nitrogens with two attached hydrogens (primary N) is 1. The number of rotatable bonds is 7. The summed E-state index contributed by atoms with van der Waals surface area (Å²) < 4.78 is 8.12. The Kier molecular flexibility index (Phi) is 9.22. The highest BCUT2D eigenvalue weighted by Gasteiger charge is 2.76. The fourth-order valence-electron chi connectivity index (χ4n) is 14.4. The Hall–Kier alpha value is -1.62. The third kappa shape index (κ3) is 5.63. The van der Waals surface area contributed by atoms with Gasteiger partial charge in [-0.05, 0) is 167 Å². The first-order valence-corrected chi connectivity index (χ1v) is 20.3. The molecule has 9 rings (SSSR count). The van der Waals surface area contributed by atoms with Gasteiger partial charge in [-0.3, -0.25) is 0 Å². The lowest BCUT2D eigenvalue weighted by molar-refractivity contribution is -0.363. The van der Waals surface area contributed by atoms with Crippen molar-refractivity contribution in [1.82, 2.24) is 0 Å². The topological polar surface area (TPSA) is 116 Å². The average molecular weight is 674 g/mol. The summed E-state index contributed by atoms with van der Waals surface area (Å²) in [7, 11) is 0. The number of ether oxygens (including phenoxy) is 1. The van der Waals surface area contributed by atoms with E-state index in [1.807, 2.05) is 12.1 Å². The number of hydrogen-bond donors (Lipinski definition) is 5. The van der Waals surface area contributed by atoms with Crippen molar-refractivity contribution in [2.75, 3.05) is 19.8 Å². The summed E-state index contributed by atoms with van der Waals surface area (Å²) in [5.41, 5.74) is 9.40. The predicted molar refractivity (Wildman–Crippen MR) is 191 cm³/mol. The van der Waals surface area contributed by atoms with Crippen molar-refractivity contribution in [2.24, 2.45) is 64.4 Å². The maximum absolute atomic E-state index is 11.1. The van der Waals surface area contributed by atoms with Gasteiger partial charge in [0.25, 0.3) is 0 Å². The summed E-state index contributed by atoms with van der Waals surface area (Å²) in [4.78, 5) is 0. The second-order valence-corrected chi connectivity index (χ2v) is 18.7. The first-order chi connectivity index (χ1) is 23.7. The summed E-state index contributed by atoms with van der Waals surface area (Å²) in [6, 6.07) is 5.95. The summed E-state index contributed by atoms with van der Waals surface area (Å²) in [5, 5.41) is 41.5. The first-order valence-electron chi connectivity index (χ1n) is 20.3. The van der Waals surface area contributed by atoms with Crippen LogP contribution in [0.25, 0.3) is 0 Å². The van der Waals surface area contributed by atoms with Gasteiger partial charge in [0.15, 0.2) is 0 Å². The van der Waals surface area contributed by atoms with Crippen LogP contribution in [0.1, 0.15) is 121 Å². The van der Waals surface area contributed by atoms with Crippen molar-refractivity contribution in [1.29, 1.82) is 0 Å². The van der Waals surface area contributed by atoms with Crippen molar-refractivity contribution in [2.45, 2.75) is 139 Å². The van der Waals surface area contributed by atoms with Gasteiger partial charge in [-0.15, -0.1) is 0 Å². The van der Waals surface area contributed by atoms with Crippen LogP contribution >= 0.6 is 0 Å². The highest BCUT2D eigenvalue weighted by atomic mass is 16.5. The number of benzene rings is 1. The molecule has 0 amide bonds. The number of phenolic OH excluding ortho intramolecular Hbond substituents is 1. The van der Waals surface area contributed by atoms with Gasteiger partial charge >= 0.3 is 0 Å². The maximum atomic E-state index is 11.1. The Labute approximate surface area is 295 Å². The molecule has 49 heavy (non-hydrogen) atoms. The lowest BCUT2D eigenvalue weighted by Crippen LogP contribution is -2.84. The number of phenols is 1. The second kappa shape index (κ2) is 13.1. The SMILES string of the molecule is C[C@]1([C@@H]2C[C@H](CCO)C[C@H](CCCO)C2)O[C@@]23C[C@@H]4CC[C@@H](CO)[C@](N)([C@@H]2C#CCc2cc(O)ccc2C[C@@H]2C[C@@H]3CC3(CCCC3)C2)[C@@H]41. The minimum Gasteiger partial charge on any atom is -0.508 e. The molecule has 6 bridgehead atoms. The molecule has 6 N–H and O–H groups in total. The maximum Gasteiger partial charge on any atom is 0.115 e. The third-order valence-corrected chi connectivity index (χ3v) is 16.0. The minimum atomic E-state index is -0.647. The first kappa shape index (κ1) is 34.5. The fourth-order valence-corrected chi connectivity index (χ4v) is 14.4. The van der Waals surface area contributed by atoms with E-state index in [-0.39, 0.29) is 37.6 Å². The largest absolute Gasteiger partial charge is 0.508 e. The van der Waals surface area contributed by atoms with Gasteiger partial charge < -0.3 is 30.9 Å². The van der Waals surface area contributed by atoms with Gasteiger partial charge in [-0.25, -0.2) is 0 Å². The molecule has 2 aliphatic heterocycles. The fraction of sp³-hybridized carbons (Fsp3) is 0.814. The molecule has 2 heterocycles. The molecule has 2 saturated heterocycles. The molecule has 0 aromatic heterocycles. The summed E-state index contributed by atoms with van der Waals surface area (Å²) in [6.07, 6.45) is 19.5. The van der Waals surface area contributed by atoms with E-state index < -0.39 is 16.7 Å².